The molecule has 0 aliphatic heterocycles. The minimum absolute atomic E-state index is 0.190. The van der Waals surface area contributed by atoms with Crippen molar-refractivity contribution in [2.75, 3.05) is 6.61 Å². The third-order valence-electron chi connectivity index (χ3n) is 4.84. The van der Waals surface area contributed by atoms with Crippen LogP contribution in [0.25, 0.3) is 33.1 Å². The average Bonchev–Trinajstić information content (AvgIpc) is 2.92. The van der Waals surface area contributed by atoms with Gasteiger partial charge in [0.05, 0.1) is 17.6 Å². The molecule has 0 amide bonds. The van der Waals surface area contributed by atoms with E-state index in [-0.39, 0.29) is 12.5 Å². The normalized spacial score (nSPS) is 11.2. The van der Waals surface area contributed by atoms with Gasteiger partial charge in [-0.15, -0.1) is 0 Å². The molecular weight excluding hydrogens is 338 g/mol. The second-order valence-corrected chi connectivity index (χ2v) is 6.60. The molecule has 0 atom stereocenters. The highest BCUT2D eigenvalue weighted by atomic mass is 16.5. The van der Waals surface area contributed by atoms with Gasteiger partial charge in [-0.05, 0) is 51.1 Å². The Hall–Kier alpha value is -3.21. The van der Waals surface area contributed by atoms with Crippen LogP contribution in [0.1, 0.15) is 18.2 Å². The summed E-state index contributed by atoms with van der Waals surface area (Å²) in [5.41, 5.74) is 7.03. The number of carbonyl (C=O) groups excluding carboxylic acids is 1. The Balaban J connectivity index is 2.01. The van der Waals surface area contributed by atoms with E-state index in [9.17, 15) is 4.79 Å². The molecule has 0 spiro atoms. The van der Waals surface area contributed by atoms with Gasteiger partial charge in [-0.25, -0.2) is 0 Å². The van der Waals surface area contributed by atoms with Crippen molar-refractivity contribution in [1.82, 2.24) is 14.5 Å². The number of hydrogen-bond acceptors (Lipinski definition) is 4. The van der Waals surface area contributed by atoms with E-state index in [2.05, 4.69) is 35.1 Å². The number of fused-ring (bicyclic) bond motifs is 2. The number of pyridine rings is 2. The zero-order valence-corrected chi connectivity index (χ0v) is 15.7. The van der Waals surface area contributed by atoms with Crippen LogP contribution in [0.3, 0.4) is 0 Å². The van der Waals surface area contributed by atoms with E-state index >= 15 is 0 Å². The van der Waals surface area contributed by atoms with Gasteiger partial charge in [0.1, 0.15) is 6.54 Å². The second kappa shape index (κ2) is 6.83. The summed E-state index contributed by atoms with van der Waals surface area (Å²) in [4.78, 5) is 21.2. The fraction of sp³-hybridized carbons (Fsp3) is 0.227. The minimum Gasteiger partial charge on any atom is -0.465 e. The molecule has 27 heavy (non-hydrogen) atoms. The maximum atomic E-state index is 12.2. The largest absolute Gasteiger partial charge is 0.465 e. The maximum absolute atomic E-state index is 12.2. The molecule has 0 aliphatic carbocycles. The number of nitrogens with zero attached hydrogens (tertiary/aromatic N) is 3. The van der Waals surface area contributed by atoms with Crippen LogP contribution in [0.15, 0.2) is 48.8 Å². The van der Waals surface area contributed by atoms with Crippen molar-refractivity contribution in [2.24, 2.45) is 0 Å². The van der Waals surface area contributed by atoms with Crippen molar-refractivity contribution in [1.29, 1.82) is 0 Å². The van der Waals surface area contributed by atoms with Crippen molar-refractivity contribution in [3.8, 4) is 11.1 Å². The molecule has 0 unspecified atom stereocenters. The van der Waals surface area contributed by atoms with Crippen LogP contribution in [0.5, 0.6) is 0 Å². The fourth-order valence-corrected chi connectivity index (χ4v) is 3.66. The smallest absolute Gasteiger partial charge is 0.325 e. The van der Waals surface area contributed by atoms with Crippen molar-refractivity contribution in [3.63, 3.8) is 0 Å². The molecule has 0 aliphatic rings. The van der Waals surface area contributed by atoms with Crippen molar-refractivity contribution >= 4 is 27.9 Å². The monoisotopic (exact) mass is 359 g/mol. The van der Waals surface area contributed by atoms with E-state index in [1.807, 2.05) is 42.8 Å². The summed E-state index contributed by atoms with van der Waals surface area (Å²) in [6.07, 6.45) is 3.59. The molecule has 3 aromatic heterocycles. The number of benzene rings is 1. The fourth-order valence-electron chi connectivity index (χ4n) is 3.66. The summed E-state index contributed by atoms with van der Waals surface area (Å²) in [7, 11) is 0. The molecule has 4 rings (SSSR count). The average molecular weight is 359 g/mol. The van der Waals surface area contributed by atoms with Crippen molar-refractivity contribution < 1.29 is 9.53 Å². The molecule has 0 N–H and O–H groups in total. The van der Waals surface area contributed by atoms with E-state index in [4.69, 9.17) is 4.74 Å². The number of carbonyl (C=O) groups is 1. The molecule has 5 nitrogen and oxygen atoms in total. The molecular formula is C22H21N3O2. The Bertz CT molecular complexity index is 1160. The molecule has 0 radical (unpaired) electrons. The van der Waals surface area contributed by atoms with Gasteiger partial charge in [0.15, 0.2) is 0 Å². The van der Waals surface area contributed by atoms with Gasteiger partial charge in [-0.3, -0.25) is 14.8 Å². The van der Waals surface area contributed by atoms with Gasteiger partial charge in [-0.1, -0.05) is 11.6 Å². The van der Waals surface area contributed by atoms with E-state index in [0.29, 0.717) is 6.61 Å². The quantitative estimate of drug-likeness (QED) is 0.506. The number of aryl methyl sites for hydroxylation is 1. The zero-order valence-electron chi connectivity index (χ0n) is 15.7. The Kier molecular flexibility index (Phi) is 4.36. The molecule has 0 saturated carbocycles. The van der Waals surface area contributed by atoms with Crippen molar-refractivity contribution in [3.05, 3.63) is 60.0 Å². The lowest BCUT2D eigenvalue weighted by molar-refractivity contribution is -0.143. The number of ether oxygens (including phenoxy) is 1. The molecule has 5 heteroatoms. The van der Waals surface area contributed by atoms with Crippen LogP contribution in [-0.2, 0) is 16.1 Å². The number of hydrogen-bond donors (Lipinski definition) is 0. The van der Waals surface area contributed by atoms with Gasteiger partial charge in [0.2, 0.25) is 0 Å². The lowest BCUT2D eigenvalue weighted by atomic mass is 10.0. The summed E-state index contributed by atoms with van der Waals surface area (Å²) in [6.45, 7) is 6.50. The summed E-state index contributed by atoms with van der Waals surface area (Å²) in [5.74, 6) is -0.234. The van der Waals surface area contributed by atoms with E-state index in [1.165, 1.54) is 5.56 Å². The van der Waals surface area contributed by atoms with Crippen LogP contribution in [0.2, 0.25) is 0 Å². The first kappa shape index (κ1) is 17.2. The molecule has 0 bridgehead atoms. The molecule has 0 saturated heterocycles. The van der Waals surface area contributed by atoms with Gasteiger partial charge in [0, 0.05) is 40.1 Å². The van der Waals surface area contributed by atoms with Gasteiger partial charge in [-0.2, -0.15) is 0 Å². The Morgan fingerprint density at radius 2 is 1.96 bits per heavy atom. The Labute approximate surface area is 157 Å². The predicted molar refractivity (Wildman–Crippen MR) is 107 cm³/mol. The van der Waals surface area contributed by atoms with Crippen LogP contribution < -0.4 is 0 Å². The van der Waals surface area contributed by atoms with Crippen LogP contribution >= 0.6 is 0 Å². The molecule has 1 aromatic carbocycles. The summed E-state index contributed by atoms with van der Waals surface area (Å²) >= 11 is 0. The predicted octanol–water partition coefficient (Wildman–Crippen LogP) is 4.43. The molecule has 136 valence electrons. The first-order chi connectivity index (χ1) is 13.1. The lowest BCUT2D eigenvalue weighted by Crippen LogP contribution is -2.14. The van der Waals surface area contributed by atoms with Crippen LogP contribution in [0, 0.1) is 13.8 Å². The maximum Gasteiger partial charge on any atom is 0.325 e. The van der Waals surface area contributed by atoms with E-state index < -0.39 is 0 Å². The molecule has 4 aromatic rings. The van der Waals surface area contributed by atoms with Crippen LogP contribution in [0.4, 0.5) is 0 Å². The van der Waals surface area contributed by atoms with Crippen molar-refractivity contribution in [2.45, 2.75) is 27.3 Å². The van der Waals surface area contributed by atoms with Gasteiger partial charge >= 0.3 is 5.97 Å². The third-order valence-corrected chi connectivity index (χ3v) is 4.84. The SMILES string of the molecule is CCOC(=O)Cn1c(C)c(-c2ccnc3cccnc23)c2cc(C)ccc21. The van der Waals surface area contributed by atoms with E-state index in [0.717, 1.165) is 38.8 Å². The summed E-state index contributed by atoms with van der Waals surface area (Å²) in [6, 6.07) is 12.1. The Morgan fingerprint density at radius 3 is 2.78 bits per heavy atom. The highest BCUT2D eigenvalue weighted by Gasteiger charge is 2.20. The highest BCUT2D eigenvalue weighted by Crippen LogP contribution is 2.37. The number of esters is 1. The number of rotatable bonds is 4. The van der Waals surface area contributed by atoms with Gasteiger partial charge in [0.25, 0.3) is 0 Å². The zero-order chi connectivity index (χ0) is 19.0. The summed E-state index contributed by atoms with van der Waals surface area (Å²) < 4.78 is 7.20. The topological polar surface area (TPSA) is 57.0 Å². The van der Waals surface area contributed by atoms with Gasteiger partial charge < -0.3 is 9.30 Å². The van der Waals surface area contributed by atoms with E-state index in [1.54, 1.807) is 6.20 Å². The molecule has 3 heterocycles. The lowest BCUT2D eigenvalue weighted by Gasteiger charge is -2.09. The minimum atomic E-state index is -0.234. The highest BCUT2D eigenvalue weighted by molar-refractivity contribution is 6.05. The first-order valence-electron chi connectivity index (χ1n) is 9.05. The standard InChI is InChI=1S/C22H21N3O2/c1-4-27-20(26)13-25-15(3)21(17-12-14(2)7-8-19(17)25)16-9-11-23-18-6-5-10-24-22(16)18/h5-12H,4,13H2,1-3H3. The first-order valence-corrected chi connectivity index (χ1v) is 9.05. The number of aromatic nitrogens is 3. The Morgan fingerprint density at radius 1 is 1.11 bits per heavy atom. The second-order valence-electron chi connectivity index (χ2n) is 6.60. The van der Waals surface area contributed by atoms with Crippen LogP contribution in [-0.4, -0.2) is 27.1 Å². The third kappa shape index (κ3) is 2.95. The molecule has 0 fully saturated rings. The summed E-state index contributed by atoms with van der Waals surface area (Å²) in [5, 5.41) is 1.11.